The number of rotatable bonds is 7. The van der Waals surface area contributed by atoms with E-state index < -0.39 is 11.9 Å². The van der Waals surface area contributed by atoms with E-state index in [4.69, 9.17) is 0 Å². The van der Waals surface area contributed by atoms with Gasteiger partial charge in [0.1, 0.15) is 17.3 Å². The smallest absolute Gasteiger partial charge is 0.352 e. The number of phenols is 1. The van der Waals surface area contributed by atoms with Crippen LogP contribution in [0.25, 0.3) is 17.1 Å². The lowest BCUT2D eigenvalue weighted by Gasteiger charge is -2.10. The number of amides is 2. The summed E-state index contributed by atoms with van der Waals surface area (Å²) >= 11 is 3.29. The first-order valence-electron chi connectivity index (χ1n) is 10.8. The molecule has 10 heteroatoms. The standard InChI is InChI=1S/C26H21BrN4O5/c1-31-22-8-3-2-7-20(22)29-23(31)13-21(26(35)36)30-25(34)18-10-9-16(12-19(18)27)24(33)28-14-15-5-4-6-17(32)11-15/h2-13,32H,14H2,1H3,(H,28,33)(H,30,34)(H,35,36). The highest BCUT2D eigenvalue weighted by atomic mass is 79.9. The molecule has 0 saturated carbocycles. The molecule has 0 bridgehead atoms. The second-order valence-corrected chi connectivity index (χ2v) is 8.74. The van der Waals surface area contributed by atoms with Crippen LogP contribution in [0.4, 0.5) is 0 Å². The first-order valence-corrected chi connectivity index (χ1v) is 11.6. The van der Waals surface area contributed by atoms with E-state index in [-0.39, 0.29) is 29.5 Å². The van der Waals surface area contributed by atoms with Gasteiger partial charge in [-0.05, 0) is 64.0 Å². The van der Waals surface area contributed by atoms with Gasteiger partial charge >= 0.3 is 5.97 Å². The van der Waals surface area contributed by atoms with Crippen molar-refractivity contribution in [2.24, 2.45) is 7.05 Å². The Bertz CT molecular complexity index is 1530. The van der Waals surface area contributed by atoms with E-state index in [1.165, 1.54) is 30.3 Å². The minimum Gasteiger partial charge on any atom is -0.508 e. The molecule has 0 aliphatic heterocycles. The quantitative estimate of drug-likeness (QED) is 0.259. The Morgan fingerprint density at radius 2 is 1.81 bits per heavy atom. The van der Waals surface area contributed by atoms with E-state index in [9.17, 15) is 24.6 Å². The van der Waals surface area contributed by atoms with Crippen LogP contribution < -0.4 is 10.6 Å². The maximum Gasteiger partial charge on any atom is 0.352 e. The van der Waals surface area contributed by atoms with E-state index >= 15 is 0 Å². The molecular weight excluding hydrogens is 528 g/mol. The highest BCUT2D eigenvalue weighted by molar-refractivity contribution is 9.10. The molecule has 0 unspecified atom stereocenters. The minimum absolute atomic E-state index is 0.103. The van der Waals surface area contributed by atoms with Crippen molar-refractivity contribution in [1.82, 2.24) is 20.2 Å². The molecular formula is C26H21BrN4O5. The number of hydrogen-bond donors (Lipinski definition) is 4. The lowest BCUT2D eigenvalue weighted by atomic mass is 10.1. The molecule has 9 nitrogen and oxygen atoms in total. The monoisotopic (exact) mass is 548 g/mol. The van der Waals surface area contributed by atoms with Gasteiger partial charge in [0, 0.05) is 29.7 Å². The number of benzene rings is 3. The van der Waals surface area contributed by atoms with E-state index in [1.54, 1.807) is 29.8 Å². The number of aliphatic carboxylic acids is 1. The number of halogens is 1. The van der Waals surface area contributed by atoms with E-state index in [1.807, 2.05) is 24.3 Å². The number of fused-ring (bicyclic) bond motifs is 1. The van der Waals surface area contributed by atoms with Crippen LogP contribution in [0.15, 0.2) is 76.9 Å². The Morgan fingerprint density at radius 3 is 2.50 bits per heavy atom. The third-order valence-corrected chi connectivity index (χ3v) is 6.07. The average Bonchev–Trinajstić information content (AvgIpc) is 3.17. The van der Waals surface area contributed by atoms with Gasteiger partial charge in [0.05, 0.1) is 16.6 Å². The topological polar surface area (TPSA) is 134 Å². The largest absolute Gasteiger partial charge is 0.508 e. The van der Waals surface area contributed by atoms with Gasteiger partial charge in [-0.3, -0.25) is 9.59 Å². The number of aromatic hydroxyl groups is 1. The molecule has 4 N–H and O–H groups in total. The molecule has 0 aliphatic rings. The highest BCUT2D eigenvalue weighted by Gasteiger charge is 2.18. The number of phenolic OH excluding ortho intramolecular Hbond substituents is 1. The molecule has 0 fully saturated rings. The third-order valence-electron chi connectivity index (χ3n) is 5.41. The summed E-state index contributed by atoms with van der Waals surface area (Å²) in [6.45, 7) is 0.210. The summed E-state index contributed by atoms with van der Waals surface area (Å²) in [5.41, 5.74) is 2.35. The van der Waals surface area contributed by atoms with Gasteiger partial charge in [0.15, 0.2) is 0 Å². The van der Waals surface area contributed by atoms with Crippen LogP contribution in [0.1, 0.15) is 32.1 Å². The summed E-state index contributed by atoms with van der Waals surface area (Å²) in [4.78, 5) is 41.6. The number of carboxylic acid groups (broad SMARTS) is 1. The van der Waals surface area contributed by atoms with E-state index in [0.29, 0.717) is 21.4 Å². The molecule has 0 saturated heterocycles. The molecule has 0 spiro atoms. The van der Waals surface area contributed by atoms with Gasteiger partial charge in [-0.2, -0.15) is 0 Å². The van der Waals surface area contributed by atoms with Crippen molar-refractivity contribution < 1.29 is 24.6 Å². The van der Waals surface area contributed by atoms with Crippen LogP contribution in [0.3, 0.4) is 0 Å². The molecule has 1 heterocycles. The Morgan fingerprint density at radius 1 is 1.03 bits per heavy atom. The lowest BCUT2D eigenvalue weighted by Crippen LogP contribution is -2.28. The Balaban J connectivity index is 1.49. The Labute approximate surface area is 214 Å². The van der Waals surface area contributed by atoms with Crippen LogP contribution >= 0.6 is 15.9 Å². The summed E-state index contributed by atoms with van der Waals surface area (Å²) in [5, 5.41) is 24.3. The molecule has 36 heavy (non-hydrogen) atoms. The Hall–Kier alpha value is -4.44. The number of carbonyl (C=O) groups is 3. The molecule has 4 aromatic rings. The normalized spacial score (nSPS) is 11.3. The number of aryl methyl sites for hydroxylation is 1. The zero-order chi connectivity index (χ0) is 25.8. The SMILES string of the molecule is Cn1c(C=C(NC(=O)c2ccc(C(=O)NCc3cccc(O)c3)cc2Br)C(=O)O)nc2ccccc21. The van der Waals surface area contributed by atoms with Crippen LogP contribution in [0.2, 0.25) is 0 Å². The predicted molar refractivity (Wildman–Crippen MR) is 137 cm³/mol. The van der Waals surface area contributed by atoms with Crippen molar-refractivity contribution >= 4 is 50.8 Å². The molecule has 0 atom stereocenters. The summed E-state index contributed by atoms with van der Waals surface area (Å²) in [7, 11) is 1.75. The summed E-state index contributed by atoms with van der Waals surface area (Å²) in [6, 6.07) is 18.2. The summed E-state index contributed by atoms with van der Waals surface area (Å²) in [6.07, 6.45) is 1.29. The van der Waals surface area contributed by atoms with Gasteiger partial charge in [0.2, 0.25) is 0 Å². The second-order valence-electron chi connectivity index (χ2n) is 7.88. The zero-order valence-electron chi connectivity index (χ0n) is 19.0. The number of nitrogens with zero attached hydrogens (tertiary/aromatic N) is 2. The molecule has 182 valence electrons. The van der Waals surface area contributed by atoms with Crippen LogP contribution in [0.5, 0.6) is 5.75 Å². The van der Waals surface area contributed by atoms with Crippen LogP contribution in [0, 0.1) is 0 Å². The number of para-hydroxylation sites is 2. The number of hydrogen-bond acceptors (Lipinski definition) is 5. The van der Waals surface area contributed by atoms with Crippen molar-refractivity contribution in [3.63, 3.8) is 0 Å². The van der Waals surface area contributed by atoms with Gasteiger partial charge in [0.25, 0.3) is 11.8 Å². The summed E-state index contributed by atoms with van der Waals surface area (Å²) in [5.74, 6) is -1.90. The van der Waals surface area contributed by atoms with E-state index in [2.05, 4.69) is 31.5 Å². The average molecular weight is 549 g/mol. The molecule has 1 aromatic heterocycles. The maximum absolute atomic E-state index is 12.9. The number of imidazole rings is 1. The lowest BCUT2D eigenvalue weighted by molar-refractivity contribution is -0.132. The number of carbonyl (C=O) groups excluding carboxylic acids is 2. The first-order chi connectivity index (χ1) is 17.2. The van der Waals surface area contributed by atoms with Gasteiger partial charge in [-0.1, -0.05) is 24.3 Å². The van der Waals surface area contributed by atoms with Crippen molar-refractivity contribution in [3.05, 3.63) is 99.4 Å². The number of aromatic nitrogens is 2. The number of nitrogens with one attached hydrogen (secondary N) is 2. The Kier molecular flexibility index (Phi) is 7.16. The summed E-state index contributed by atoms with van der Waals surface area (Å²) < 4.78 is 2.04. The van der Waals surface area contributed by atoms with Gasteiger partial charge in [-0.15, -0.1) is 0 Å². The molecule has 4 rings (SSSR count). The molecule has 0 radical (unpaired) electrons. The molecule has 0 aliphatic carbocycles. The zero-order valence-corrected chi connectivity index (χ0v) is 20.6. The van der Waals surface area contributed by atoms with Crippen molar-refractivity contribution in [2.75, 3.05) is 0 Å². The van der Waals surface area contributed by atoms with Crippen molar-refractivity contribution in [3.8, 4) is 5.75 Å². The minimum atomic E-state index is -1.32. The first kappa shape index (κ1) is 24.7. The number of carboxylic acids is 1. The second kappa shape index (κ2) is 10.4. The fourth-order valence-corrected chi connectivity index (χ4v) is 4.11. The molecule has 3 aromatic carbocycles. The fourth-order valence-electron chi connectivity index (χ4n) is 3.55. The van der Waals surface area contributed by atoms with Crippen molar-refractivity contribution in [1.29, 1.82) is 0 Å². The van der Waals surface area contributed by atoms with Crippen LogP contribution in [-0.2, 0) is 18.4 Å². The van der Waals surface area contributed by atoms with Gasteiger partial charge in [-0.25, -0.2) is 9.78 Å². The maximum atomic E-state index is 12.9. The fraction of sp³-hybridized carbons (Fsp3) is 0.0769. The predicted octanol–water partition coefficient (Wildman–Crippen LogP) is 3.83. The van der Waals surface area contributed by atoms with Crippen molar-refractivity contribution in [2.45, 2.75) is 6.54 Å². The van der Waals surface area contributed by atoms with Crippen LogP contribution in [-0.4, -0.2) is 37.5 Å². The van der Waals surface area contributed by atoms with Gasteiger partial charge < -0.3 is 25.4 Å². The highest BCUT2D eigenvalue weighted by Crippen LogP contribution is 2.20. The molecule has 2 amide bonds. The van der Waals surface area contributed by atoms with E-state index in [0.717, 1.165) is 11.1 Å². The third kappa shape index (κ3) is 5.44.